The van der Waals surface area contributed by atoms with Crippen molar-refractivity contribution in [3.8, 4) is 0 Å². The van der Waals surface area contributed by atoms with Crippen molar-refractivity contribution in [2.45, 2.75) is 37.1 Å². The highest BCUT2D eigenvalue weighted by Gasteiger charge is 2.28. The molecule has 2 rings (SSSR count). The van der Waals surface area contributed by atoms with E-state index in [-0.39, 0.29) is 5.91 Å². The second-order valence-electron chi connectivity index (χ2n) is 5.57. The van der Waals surface area contributed by atoms with Crippen LogP contribution in [0.3, 0.4) is 0 Å². The Morgan fingerprint density at radius 2 is 2.25 bits per heavy atom. The van der Waals surface area contributed by atoms with Gasteiger partial charge in [-0.1, -0.05) is 0 Å². The van der Waals surface area contributed by atoms with Crippen LogP contribution in [0.15, 0.2) is 22.8 Å². The Morgan fingerprint density at radius 1 is 1.45 bits per heavy atom. The maximum atomic E-state index is 12.2. The molecule has 0 aromatic carbocycles. The molecule has 1 aromatic heterocycles. The number of hydrogen-bond donors (Lipinski definition) is 0. The summed E-state index contributed by atoms with van der Waals surface area (Å²) in [6, 6.07) is 4.29. The number of rotatable bonds is 6. The van der Waals surface area contributed by atoms with Gasteiger partial charge in [-0.05, 0) is 44.7 Å². The lowest BCUT2D eigenvalue weighted by atomic mass is 10.2. The Bertz CT molecular complexity index is 422. The summed E-state index contributed by atoms with van der Waals surface area (Å²) >= 11 is 1.95. The summed E-state index contributed by atoms with van der Waals surface area (Å²) in [5, 5.41) is 0.762. The molecule has 5 heteroatoms. The summed E-state index contributed by atoms with van der Waals surface area (Å²) < 4.78 is 5.28. The van der Waals surface area contributed by atoms with Gasteiger partial charge in [0.1, 0.15) is 5.76 Å². The largest absolute Gasteiger partial charge is 0.467 e. The number of carbonyl (C=O) groups excluding carboxylic acids is 1. The Hall–Kier alpha value is -0.940. The van der Waals surface area contributed by atoms with Crippen LogP contribution in [0.4, 0.5) is 0 Å². The van der Waals surface area contributed by atoms with E-state index in [0.29, 0.717) is 19.1 Å². The number of nitrogens with zero attached hydrogens (tertiary/aromatic N) is 2. The third kappa shape index (κ3) is 4.03. The first-order chi connectivity index (χ1) is 9.60. The molecular weight excluding hydrogens is 272 g/mol. The second kappa shape index (κ2) is 7.18. The summed E-state index contributed by atoms with van der Waals surface area (Å²) in [7, 11) is 3.89. The zero-order chi connectivity index (χ0) is 14.5. The Labute approximate surface area is 125 Å². The number of amides is 1. The second-order valence-corrected chi connectivity index (χ2v) is 6.71. The van der Waals surface area contributed by atoms with Crippen LogP contribution < -0.4 is 0 Å². The summed E-state index contributed by atoms with van der Waals surface area (Å²) in [4.78, 5) is 16.2. The smallest absolute Gasteiger partial charge is 0.236 e. The van der Waals surface area contributed by atoms with Gasteiger partial charge < -0.3 is 9.32 Å². The van der Waals surface area contributed by atoms with Crippen LogP contribution in [0.25, 0.3) is 0 Å². The van der Waals surface area contributed by atoms with Gasteiger partial charge in [0, 0.05) is 18.3 Å². The van der Waals surface area contributed by atoms with Gasteiger partial charge in [-0.3, -0.25) is 9.69 Å². The van der Waals surface area contributed by atoms with Gasteiger partial charge in [-0.2, -0.15) is 11.8 Å². The molecule has 1 aromatic rings. The van der Waals surface area contributed by atoms with E-state index in [1.807, 2.05) is 30.9 Å². The number of hydrogen-bond acceptors (Lipinski definition) is 4. The number of carbonyl (C=O) groups is 1. The van der Waals surface area contributed by atoms with Gasteiger partial charge in [0.05, 0.1) is 19.4 Å². The van der Waals surface area contributed by atoms with Crippen LogP contribution in [0, 0.1) is 0 Å². The maximum Gasteiger partial charge on any atom is 0.236 e. The zero-order valence-corrected chi connectivity index (χ0v) is 13.4. The molecule has 2 atom stereocenters. The normalized spacial score (nSPS) is 22.4. The summed E-state index contributed by atoms with van der Waals surface area (Å²) in [6.45, 7) is 1.03. The highest BCUT2D eigenvalue weighted by atomic mass is 32.2. The molecule has 1 fully saturated rings. The van der Waals surface area contributed by atoms with E-state index in [4.69, 9.17) is 4.42 Å². The molecule has 1 aliphatic rings. The molecule has 0 aliphatic heterocycles. The molecule has 1 aliphatic carbocycles. The number of likely N-dealkylation sites (N-methyl/N-ethyl adjacent to an activating group) is 2. The molecule has 0 bridgehead atoms. The van der Waals surface area contributed by atoms with E-state index in [9.17, 15) is 4.79 Å². The van der Waals surface area contributed by atoms with Crippen molar-refractivity contribution >= 4 is 17.7 Å². The third-order valence-electron chi connectivity index (χ3n) is 4.10. The van der Waals surface area contributed by atoms with Crippen molar-refractivity contribution in [1.82, 2.24) is 9.80 Å². The maximum absolute atomic E-state index is 12.2. The van der Waals surface area contributed by atoms with Gasteiger partial charge in [0.2, 0.25) is 5.91 Å². The Kier molecular flexibility index (Phi) is 5.54. The predicted molar refractivity (Wildman–Crippen MR) is 82.8 cm³/mol. The number of thioether (sulfide) groups is 1. The first-order valence-electron chi connectivity index (χ1n) is 7.09. The molecule has 0 radical (unpaired) electrons. The fourth-order valence-electron chi connectivity index (χ4n) is 2.72. The Balaban J connectivity index is 1.78. The molecule has 4 nitrogen and oxygen atoms in total. The first-order valence-corrected chi connectivity index (χ1v) is 8.38. The average Bonchev–Trinajstić information content (AvgIpc) is 3.09. The van der Waals surface area contributed by atoms with Crippen LogP contribution in [0.5, 0.6) is 0 Å². The van der Waals surface area contributed by atoms with E-state index < -0.39 is 0 Å². The minimum Gasteiger partial charge on any atom is -0.467 e. The monoisotopic (exact) mass is 296 g/mol. The van der Waals surface area contributed by atoms with Crippen molar-refractivity contribution in [3.05, 3.63) is 24.2 Å². The third-order valence-corrected chi connectivity index (χ3v) is 5.19. The van der Waals surface area contributed by atoms with E-state index in [2.05, 4.69) is 18.2 Å². The molecule has 20 heavy (non-hydrogen) atoms. The molecule has 1 amide bonds. The van der Waals surface area contributed by atoms with E-state index >= 15 is 0 Å². The lowest BCUT2D eigenvalue weighted by Gasteiger charge is -2.26. The van der Waals surface area contributed by atoms with Gasteiger partial charge >= 0.3 is 0 Å². The van der Waals surface area contributed by atoms with Crippen LogP contribution in [0.2, 0.25) is 0 Å². The molecule has 112 valence electrons. The van der Waals surface area contributed by atoms with E-state index in [0.717, 1.165) is 11.0 Å². The summed E-state index contributed by atoms with van der Waals surface area (Å²) in [5.41, 5.74) is 0. The first kappa shape index (κ1) is 15.4. The molecule has 0 saturated heterocycles. The van der Waals surface area contributed by atoms with Crippen molar-refractivity contribution < 1.29 is 9.21 Å². The molecule has 0 spiro atoms. The van der Waals surface area contributed by atoms with Gasteiger partial charge in [0.25, 0.3) is 0 Å². The summed E-state index contributed by atoms with van der Waals surface area (Å²) in [6.07, 6.45) is 7.49. The highest BCUT2D eigenvalue weighted by Crippen LogP contribution is 2.30. The molecule has 0 N–H and O–H groups in total. The minimum absolute atomic E-state index is 0.150. The number of furan rings is 1. The van der Waals surface area contributed by atoms with Crippen LogP contribution >= 0.6 is 11.8 Å². The Morgan fingerprint density at radius 3 is 2.85 bits per heavy atom. The predicted octanol–water partition coefficient (Wildman–Crippen LogP) is 2.45. The fraction of sp³-hybridized carbons (Fsp3) is 0.667. The van der Waals surface area contributed by atoms with E-state index in [1.165, 1.54) is 19.3 Å². The SMILES string of the molecule is CSC1CCC(N(C)CC(=O)N(C)Cc2ccco2)C1. The zero-order valence-electron chi connectivity index (χ0n) is 12.5. The van der Waals surface area contributed by atoms with Crippen LogP contribution in [-0.2, 0) is 11.3 Å². The van der Waals surface area contributed by atoms with Gasteiger partial charge in [-0.15, -0.1) is 0 Å². The molecule has 1 saturated carbocycles. The average molecular weight is 296 g/mol. The van der Waals surface area contributed by atoms with Crippen molar-refractivity contribution in [2.24, 2.45) is 0 Å². The molecule has 2 unspecified atom stereocenters. The quantitative estimate of drug-likeness (QED) is 0.808. The van der Waals surface area contributed by atoms with Gasteiger partial charge in [0.15, 0.2) is 0 Å². The minimum atomic E-state index is 0.150. The topological polar surface area (TPSA) is 36.7 Å². The van der Waals surface area contributed by atoms with Crippen LogP contribution in [-0.4, -0.2) is 53.9 Å². The fourth-order valence-corrected chi connectivity index (χ4v) is 3.51. The summed E-state index contributed by atoms with van der Waals surface area (Å²) in [5.74, 6) is 0.975. The lowest BCUT2D eigenvalue weighted by Crippen LogP contribution is -2.40. The standard InChI is InChI=1S/C15H24N2O2S/c1-16(12-6-7-14(9-12)20-3)11-15(18)17(2)10-13-5-4-8-19-13/h4-5,8,12,14H,6-7,9-11H2,1-3H3. The molecule has 1 heterocycles. The van der Waals surface area contributed by atoms with E-state index in [1.54, 1.807) is 11.2 Å². The van der Waals surface area contributed by atoms with Crippen LogP contribution in [0.1, 0.15) is 25.0 Å². The lowest BCUT2D eigenvalue weighted by molar-refractivity contribution is -0.132. The van der Waals surface area contributed by atoms with Crippen molar-refractivity contribution in [3.63, 3.8) is 0 Å². The van der Waals surface area contributed by atoms with Crippen molar-refractivity contribution in [2.75, 3.05) is 26.9 Å². The van der Waals surface area contributed by atoms with Crippen molar-refractivity contribution in [1.29, 1.82) is 0 Å². The highest BCUT2D eigenvalue weighted by molar-refractivity contribution is 7.99. The molecular formula is C15H24N2O2S. The van der Waals surface area contributed by atoms with Gasteiger partial charge in [-0.25, -0.2) is 0 Å².